The van der Waals surface area contributed by atoms with Crippen LogP contribution in [-0.2, 0) is 11.4 Å². The zero-order valence-corrected chi connectivity index (χ0v) is 22.1. The Morgan fingerprint density at radius 1 is 1.00 bits per heavy atom. The van der Waals surface area contributed by atoms with Crippen molar-refractivity contribution in [3.8, 4) is 34.5 Å². The Balaban J connectivity index is 1.48. The number of aliphatic carboxylic acids is 1. The summed E-state index contributed by atoms with van der Waals surface area (Å²) >= 11 is 1.69. The summed E-state index contributed by atoms with van der Waals surface area (Å²) in [6, 6.07) is 19.6. The molecule has 0 radical (unpaired) electrons. The number of thiophene rings is 1. The SMILES string of the molecule is CC#CC(CC(=O)O)c1ccc(OCc2ccc3scc(-c4ccc(OCC(O)CO)cc4C)c3c2)cc1. The van der Waals surface area contributed by atoms with E-state index in [-0.39, 0.29) is 25.6 Å². The number of carboxylic acids is 1. The van der Waals surface area contributed by atoms with Crippen molar-refractivity contribution in [1.82, 2.24) is 0 Å². The summed E-state index contributed by atoms with van der Waals surface area (Å²) in [7, 11) is 0. The summed E-state index contributed by atoms with van der Waals surface area (Å²) < 4.78 is 12.8. The first-order chi connectivity index (χ1) is 18.4. The molecule has 4 aromatic rings. The Kier molecular flexibility index (Phi) is 9.03. The van der Waals surface area contributed by atoms with E-state index in [1.807, 2.05) is 49.4 Å². The van der Waals surface area contributed by atoms with Crippen molar-refractivity contribution >= 4 is 27.4 Å². The second kappa shape index (κ2) is 12.6. The molecule has 0 amide bonds. The van der Waals surface area contributed by atoms with Gasteiger partial charge in [-0.2, -0.15) is 0 Å². The van der Waals surface area contributed by atoms with Gasteiger partial charge >= 0.3 is 5.97 Å². The Labute approximate surface area is 226 Å². The number of carbonyl (C=O) groups is 1. The maximum Gasteiger partial charge on any atom is 0.304 e. The average molecular weight is 531 g/mol. The van der Waals surface area contributed by atoms with Crippen LogP contribution in [0.25, 0.3) is 21.2 Å². The lowest BCUT2D eigenvalue weighted by Gasteiger charge is -2.13. The maximum atomic E-state index is 11.2. The quantitative estimate of drug-likeness (QED) is 0.213. The summed E-state index contributed by atoms with van der Waals surface area (Å²) in [5.74, 6) is 5.91. The minimum Gasteiger partial charge on any atom is -0.491 e. The Morgan fingerprint density at radius 2 is 1.76 bits per heavy atom. The van der Waals surface area contributed by atoms with Crippen molar-refractivity contribution in [2.24, 2.45) is 0 Å². The molecule has 1 heterocycles. The third-order valence-corrected chi connectivity index (χ3v) is 7.13. The Bertz CT molecular complexity index is 1460. The van der Waals surface area contributed by atoms with E-state index in [0.29, 0.717) is 18.1 Å². The fourth-order valence-corrected chi connectivity index (χ4v) is 5.15. The van der Waals surface area contributed by atoms with Gasteiger partial charge in [-0.3, -0.25) is 4.79 Å². The van der Waals surface area contributed by atoms with Gasteiger partial charge in [0.05, 0.1) is 18.9 Å². The minimum absolute atomic E-state index is 0.0356. The molecule has 0 aliphatic heterocycles. The second-order valence-corrected chi connectivity index (χ2v) is 9.92. The van der Waals surface area contributed by atoms with Crippen LogP contribution in [0.3, 0.4) is 0 Å². The standard InChI is InChI=1S/C31H30O6S/c1-3-4-23(15-31(34)35)22-6-8-25(9-7-22)36-17-21-5-12-30-28(14-21)29(19-38-30)27-11-10-26(13-20(27)2)37-18-24(33)16-32/h5-14,19,23-24,32-33H,15-18H2,1-2H3,(H,34,35). The molecular weight excluding hydrogens is 500 g/mol. The predicted octanol–water partition coefficient (Wildman–Crippen LogP) is 5.77. The van der Waals surface area contributed by atoms with Crippen LogP contribution in [0, 0.1) is 18.8 Å². The van der Waals surface area contributed by atoms with Crippen LogP contribution in [0.2, 0.25) is 0 Å². The van der Waals surface area contributed by atoms with Crippen molar-refractivity contribution in [1.29, 1.82) is 0 Å². The van der Waals surface area contributed by atoms with Crippen molar-refractivity contribution in [2.75, 3.05) is 13.2 Å². The van der Waals surface area contributed by atoms with Crippen molar-refractivity contribution < 1.29 is 29.6 Å². The molecule has 0 bridgehead atoms. The Morgan fingerprint density at radius 3 is 2.45 bits per heavy atom. The first kappa shape index (κ1) is 27.2. The first-order valence-electron chi connectivity index (χ1n) is 12.3. The molecule has 0 fully saturated rings. The number of fused-ring (bicyclic) bond motifs is 1. The van der Waals surface area contributed by atoms with Crippen LogP contribution in [-0.4, -0.2) is 40.6 Å². The second-order valence-electron chi connectivity index (χ2n) is 9.01. The number of aliphatic hydroxyl groups is 2. The number of benzene rings is 3. The fourth-order valence-electron chi connectivity index (χ4n) is 4.21. The highest BCUT2D eigenvalue weighted by Gasteiger charge is 2.14. The normalized spacial score (nSPS) is 12.4. The lowest BCUT2D eigenvalue weighted by molar-refractivity contribution is -0.137. The van der Waals surface area contributed by atoms with E-state index in [2.05, 4.69) is 35.4 Å². The average Bonchev–Trinajstić information content (AvgIpc) is 3.33. The summed E-state index contributed by atoms with van der Waals surface area (Å²) in [5, 5.41) is 31.0. The molecule has 0 aliphatic rings. The van der Waals surface area contributed by atoms with E-state index >= 15 is 0 Å². The zero-order valence-electron chi connectivity index (χ0n) is 21.3. The highest BCUT2D eigenvalue weighted by atomic mass is 32.1. The van der Waals surface area contributed by atoms with Crippen LogP contribution in [0.15, 0.2) is 66.0 Å². The first-order valence-corrected chi connectivity index (χ1v) is 13.2. The lowest BCUT2D eigenvalue weighted by Crippen LogP contribution is -2.21. The van der Waals surface area contributed by atoms with Gasteiger partial charge in [0, 0.05) is 15.6 Å². The molecule has 2 atom stereocenters. The van der Waals surface area contributed by atoms with E-state index < -0.39 is 12.1 Å². The van der Waals surface area contributed by atoms with E-state index in [1.165, 1.54) is 4.70 Å². The molecule has 1 aromatic heterocycles. The fraction of sp³-hybridized carbons (Fsp3) is 0.258. The van der Waals surface area contributed by atoms with E-state index in [9.17, 15) is 9.90 Å². The number of hydrogen-bond acceptors (Lipinski definition) is 6. The monoisotopic (exact) mass is 530 g/mol. The van der Waals surface area contributed by atoms with E-state index in [0.717, 1.165) is 33.2 Å². The molecule has 3 aromatic carbocycles. The highest BCUT2D eigenvalue weighted by Crippen LogP contribution is 2.37. The molecule has 0 saturated carbocycles. The van der Waals surface area contributed by atoms with Gasteiger partial charge in [0.2, 0.25) is 0 Å². The third-order valence-electron chi connectivity index (χ3n) is 6.16. The summed E-state index contributed by atoms with van der Waals surface area (Å²) in [6.45, 7) is 3.84. The van der Waals surface area contributed by atoms with Crippen LogP contribution in [0.4, 0.5) is 0 Å². The number of aliphatic hydroxyl groups excluding tert-OH is 2. The summed E-state index contributed by atoms with van der Waals surface area (Å²) in [4.78, 5) is 11.2. The molecule has 6 nitrogen and oxygen atoms in total. The summed E-state index contributed by atoms with van der Waals surface area (Å²) in [6.07, 6.45) is -0.940. The molecular formula is C31H30O6S. The number of hydrogen-bond donors (Lipinski definition) is 3. The number of aryl methyl sites for hydroxylation is 1. The van der Waals surface area contributed by atoms with Gasteiger partial charge < -0.3 is 24.8 Å². The van der Waals surface area contributed by atoms with Gasteiger partial charge in [-0.05, 0) is 77.9 Å². The van der Waals surface area contributed by atoms with Crippen LogP contribution in [0.5, 0.6) is 11.5 Å². The molecule has 0 spiro atoms. The molecule has 4 rings (SSSR count). The van der Waals surface area contributed by atoms with Gasteiger partial charge in [0.15, 0.2) is 0 Å². The largest absolute Gasteiger partial charge is 0.491 e. The molecule has 7 heteroatoms. The van der Waals surface area contributed by atoms with E-state index in [4.69, 9.17) is 19.7 Å². The highest BCUT2D eigenvalue weighted by molar-refractivity contribution is 7.17. The summed E-state index contributed by atoms with van der Waals surface area (Å²) in [5.41, 5.74) is 5.19. The topological polar surface area (TPSA) is 96.2 Å². The molecule has 38 heavy (non-hydrogen) atoms. The van der Waals surface area contributed by atoms with Crippen molar-refractivity contribution in [3.63, 3.8) is 0 Å². The van der Waals surface area contributed by atoms with Crippen molar-refractivity contribution in [2.45, 2.75) is 38.9 Å². The number of carboxylic acid groups (broad SMARTS) is 1. The van der Waals surface area contributed by atoms with Gasteiger partial charge in [-0.15, -0.1) is 17.3 Å². The number of ether oxygens (including phenoxy) is 2. The molecule has 196 valence electrons. The van der Waals surface area contributed by atoms with Crippen LogP contribution < -0.4 is 9.47 Å². The third kappa shape index (κ3) is 6.73. The predicted molar refractivity (Wildman–Crippen MR) is 150 cm³/mol. The maximum absolute atomic E-state index is 11.2. The molecule has 0 aliphatic carbocycles. The van der Waals surface area contributed by atoms with Crippen LogP contribution >= 0.6 is 11.3 Å². The van der Waals surface area contributed by atoms with Gasteiger partial charge in [0.25, 0.3) is 0 Å². The smallest absolute Gasteiger partial charge is 0.304 e. The minimum atomic E-state index is -0.904. The lowest BCUT2D eigenvalue weighted by atomic mass is 9.96. The van der Waals surface area contributed by atoms with Gasteiger partial charge in [-0.25, -0.2) is 0 Å². The Hall–Kier alpha value is -3.83. The van der Waals surface area contributed by atoms with Gasteiger partial charge in [0.1, 0.15) is 30.8 Å². The van der Waals surface area contributed by atoms with Gasteiger partial charge in [-0.1, -0.05) is 30.2 Å². The van der Waals surface area contributed by atoms with E-state index in [1.54, 1.807) is 18.3 Å². The van der Waals surface area contributed by atoms with Crippen molar-refractivity contribution in [3.05, 3.63) is 82.7 Å². The molecule has 0 saturated heterocycles. The van der Waals surface area contributed by atoms with Crippen LogP contribution in [0.1, 0.15) is 36.0 Å². The number of rotatable bonds is 11. The molecule has 2 unspecified atom stereocenters. The molecule has 3 N–H and O–H groups in total. The zero-order chi connectivity index (χ0) is 27.1.